The van der Waals surface area contributed by atoms with Gasteiger partial charge in [-0.05, 0) is 31.2 Å². The third kappa shape index (κ3) is 4.97. The smallest absolute Gasteiger partial charge is 0.251 e. The molecular weight excluding hydrogens is 250 g/mol. The van der Waals surface area contributed by atoms with Crippen molar-refractivity contribution in [2.24, 2.45) is 11.3 Å². The van der Waals surface area contributed by atoms with Crippen LogP contribution in [0.2, 0.25) is 0 Å². The van der Waals surface area contributed by atoms with E-state index in [2.05, 4.69) is 19.2 Å². The minimum atomic E-state index is -2.34. The lowest BCUT2D eigenvalue weighted by Crippen LogP contribution is -2.52. The zero-order chi connectivity index (χ0) is 14.5. The highest BCUT2D eigenvalue weighted by Crippen LogP contribution is 2.39. The van der Waals surface area contributed by atoms with Crippen molar-refractivity contribution in [3.63, 3.8) is 0 Å². The van der Waals surface area contributed by atoms with Crippen molar-refractivity contribution in [3.8, 4) is 0 Å². The van der Waals surface area contributed by atoms with E-state index in [-0.39, 0.29) is 18.6 Å². The van der Waals surface area contributed by atoms with Crippen LogP contribution in [0.25, 0.3) is 0 Å². The van der Waals surface area contributed by atoms with Crippen LogP contribution in [-0.4, -0.2) is 55.8 Å². The lowest BCUT2D eigenvalue weighted by Gasteiger charge is -2.45. The predicted octanol–water partition coefficient (Wildman–Crippen LogP) is 1.96. The maximum atomic E-state index is 12.6. The number of aliphatic hydroxyl groups is 1. The Kier molecular flexibility index (Phi) is 6.63. The molecule has 0 aromatic heterocycles. The van der Waals surface area contributed by atoms with Crippen molar-refractivity contribution < 1.29 is 13.9 Å². The lowest BCUT2D eigenvalue weighted by molar-refractivity contribution is 0.0411. The van der Waals surface area contributed by atoms with Crippen LogP contribution in [0.15, 0.2) is 0 Å². The Morgan fingerprint density at radius 1 is 1.42 bits per heavy atom. The van der Waals surface area contributed by atoms with Gasteiger partial charge in [-0.15, -0.1) is 0 Å². The number of nitrogens with one attached hydrogen (secondary N) is 1. The second-order valence-corrected chi connectivity index (χ2v) is 6.28. The van der Waals surface area contributed by atoms with Crippen LogP contribution in [0.4, 0.5) is 8.78 Å². The van der Waals surface area contributed by atoms with Crippen LogP contribution in [0.5, 0.6) is 0 Å². The first-order chi connectivity index (χ1) is 8.90. The van der Waals surface area contributed by atoms with Gasteiger partial charge in [0.15, 0.2) is 0 Å². The molecule has 0 aromatic carbocycles. The Morgan fingerprint density at radius 3 is 2.63 bits per heavy atom. The predicted molar refractivity (Wildman–Crippen MR) is 73.5 cm³/mol. The number of nitrogens with zero attached hydrogens (tertiary/aromatic N) is 1. The average molecular weight is 278 g/mol. The van der Waals surface area contributed by atoms with E-state index >= 15 is 0 Å². The van der Waals surface area contributed by atoms with E-state index in [9.17, 15) is 8.78 Å². The molecule has 0 aliphatic heterocycles. The molecule has 1 aliphatic rings. The van der Waals surface area contributed by atoms with Gasteiger partial charge in [-0.3, -0.25) is 4.90 Å². The summed E-state index contributed by atoms with van der Waals surface area (Å²) in [6.45, 7) is 5.14. The van der Waals surface area contributed by atoms with Crippen molar-refractivity contribution in [3.05, 3.63) is 0 Å². The summed E-state index contributed by atoms with van der Waals surface area (Å²) in [7, 11) is 1.95. The molecule has 1 rings (SSSR count). The maximum absolute atomic E-state index is 12.6. The first-order valence-electron chi connectivity index (χ1n) is 7.19. The number of aliphatic hydroxyl groups excluding tert-OH is 1. The summed E-state index contributed by atoms with van der Waals surface area (Å²) in [5.41, 5.74) is 0.202. The van der Waals surface area contributed by atoms with E-state index in [4.69, 9.17) is 5.11 Å². The second-order valence-electron chi connectivity index (χ2n) is 6.28. The molecule has 1 saturated carbocycles. The zero-order valence-electron chi connectivity index (χ0n) is 12.3. The Labute approximate surface area is 115 Å². The molecule has 2 atom stereocenters. The van der Waals surface area contributed by atoms with Crippen molar-refractivity contribution >= 4 is 0 Å². The monoisotopic (exact) mass is 278 g/mol. The van der Waals surface area contributed by atoms with E-state index in [1.165, 1.54) is 6.42 Å². The Bertz CT molecular complexity index is 262. The first-order valence-corrected chi connectivity index (χ1v) is 7.19. The van der Waals surface area contributed by atoms with Crippen LogP contribution in [-0.2, 0) is 0 Å². The van der Waals surface area contributed by atoms with E-state index < -0.39 is 6.43 Å². The van der Waals surface area contributed by atoms with Crippen LogP contribution in [0.3, 0.4) is 0 Å². The summed E-state index contributed by atoms with van der Waals surface area (Å²) in [6.07, 6.45) is 1.05. The normalized spacial score (nSPS) is 27.2. The third-order valence-electron chi connectivity index (χ3n) is 4.33. The van der Waals surface area contributed by atoms with Crippen molar-refractivity contribution in [2.45, 2.75) is 45.6 Å². The summed E-state index contributed by atoms with van der Waals surface area (Å²) in [5.74, 6) is 0.374. The summed E-state index contributed by atoms with van der Waals surface area (Å²) in [4.78, 5) is 1.70. The quantitative estimate of drug-likeness (QED) is 0.747. The number of hydrogen-bond acceptors (Lipinski definition) is 3. The highest BCUT2D eigenvalue weighted by Gasteiger charge is 2.38. The molecule has 19 heavy (non-hydrogen) atoms. The van der Waals surface area contributed by atoms with Gasteiger partial charge in [0.2, 0.25) is 0 Å². The van der Waals surface area contributed by atoms with Gasteiger partial charge in [-0.25, -0.2) is 8.78 Å². The Hall–Kier alpha value is -0.260. The summed E-state index contributed by atoms with van der Waals surface area (Å²) >= 11 is 0. The number of alkyl halides is 2. The van der Waals surface area contributed by atoms with Crippen LogP contribution in [0.1, 0.15) is 33.1 Å². The van der Waals surface area contributed by atoms with E-state index in [1.54, 1.807) is 4.90 Å². The van der Waals surface area contributed by atoms with Gasteiger partial charge in [-0.1, -0.05) is 20.3 Å². The highest BCUT2D eigenvalue weighted by molar-refractivity contribution is 4.93. The molecule has 3 nitrogen and oxygen atoms in total. The molecule has 1 fully saturated rings. The van der Waals surface area contributed by atoms with Gasteiger partial charge in [0.05, 0.1) is 13.2 Å². The molecule has 114 valence electrons. The standard InChI is InChI=1S/C14H28F2N2O/c1-14(2)6-4-5-11(13(14)17-3)9-18(7-8-19)10-12(15)16/h11-13,17,19H,4-10H2,1-3H3. The van der Waals surface area contributed by atoms with Gasteiger partial charge >= 0.3 is 0 Å². The third-order valence-corrected chi connectivity index (χ3v) is 4.33. The molecule has 1 aliphatic carbocycles. The maximum Gasteiger partial charge on any atom is 0.251 e. The number of rotatable bonds is 7. The Balaban J connectivity index is 2.65. The van der Waals surface area contributed by atoms with Crippen LogP contribution >= 0.6 is 0 Å². The average Bonchev–Trinajstić information content (AvgIpc) is 2.27. The molecule has 0 amide bonds. The topological polar surface area (TPSA) is 35.5 Å². The fourth-order valence-electron chi connectivity index (χ4n) is 3.53. The SMILES string of the molecule is CNC1C(CN(CCO)CC(F)F)CCCC1(C)C. The first kappa shape index (κ1) is 16.8. The minimum Gasteiger partial charge on any atom is -0.395 e. The summed E-state index contributed by atoms with van der Waals surface area (Å²) < 4.78 is 25.1. The Morgan fingerprint density at radius 2 is 2.11 bits per heavy atom. The molecule has 0 bridgehead atoms. The second kappa shape index (κ2) is 7.50. The number of halogens is 2. The van der Waals surface area contributed by atoms with Crippen molar-refractivity contribution in [2.75, 3.05) is 33.3 Å². The molecule has 0 aromatic rings. The van der Waals surface area contributed by atoms with Crippen LogP contribution < -0.4 is 5.32 Å². The van der Waals surface area contributed by atoms with Crippen molar-refractivity contribution in [1.82, 2.24) is 10.2 Å². The summed E-state index contributed by atoms with van der Waals surface area (Å²) in [6, 6.07) is 0.347. The van der Waals surface area contributed by atoms with E-state index in [0.717, 1.165) is 12.8 Å². The largest absolute Gasteiger partial charge is 0.395 e. The molecule has 0 radical (unpaired) electrons. The van der Waals surface area contributed by atoms with Gasteiger partial charge in [0, 0.05) is 19.1 Å². The van der Waals surface area contributed by atoms with E-state index in [1.807, 2.05) is 7.05 Å². The van der Waals surface area contributed by atoms with Crippen molar-refractivity contribution in [1.29, 1.82) is 0 Å². The number of hydrogen-bond donors (Lipinski definition) is 2. The van der Waals surface area contributed by atoms with Gasteiger partial charge in [0.25, 0.3) is 6.43 Å². The molecule has 0 heterocycles. The molecule has 5 heteroatoms. The molecule has 2 unspecified atom stereocenters. The van der Waals surface area contributed by atoms with E-state index in [0.29, 0.717) is 25.0 Å². The zero-order valence-corrected chi connectivity index (χ0v) is 12.3. The fraction of sp³-hybridized carbons (Fsp3) is 1.00. The van der Waals surface area contributed by atoms with Gasteiger partial charge in [0.1, 0.15) is 0 Å². The van der Waals surface area contributed by atoms with Crippen LogP contribution in [0, 0.1) is 11.3 Å². The minimum absolute atomic E-state index is 0.0624. The fourth-order valence-corrected chi connectivity index (χ4v) is 3.53. The van der Waals surface area contributed by atoms with Gasteiger partial charge in [-0.2, -0.15) is 0 Å². The molecule has 0 spiro atoms. The summed E-state index contributed by atoms with van der Waals surface area (Å²) in [5, 5.41) is 12.4. The van der Waals surface area contributed by atoms with Gasteiger partial charge < -0.3 is 10.4 Å². The molecular formula is C14H28F2N2O. The lowest BCUT2D eigenvalue weighted by atomic mass is 9.68. The molecule has 2 N–H and O–H groups in total. The molecule has 0 saturated heterocycles. The highest BCUT2D eigenvalue weighted by atomic mass is 19.3.